The molecular formula is C25H21NO4S2. The van der Waals surface area contributed by atoms with Crippen molar-refractivity contribution >= 4 is 46.0 Å². The van der Waals surface area contributed by atoms with Crippen LogP contribution in [0.25, 0.3) is 6.08 Å². The molecule has 1 aliphatic heterocycles. The molecule has 4 rings (SSSR count). The lowest BCUT2D eigenvalue weighted by atomic mass is 10.1. The number of benzene rings is 3. The molecule has 0 radical (unpaired) electrons. The third kappa shape index (κ3) is 4.64. The highest BCUT2D eigenvalue weighted by molar-refractivity contribution is 8.27. The Morgan fingerprint density at radius 1 is 0.938 bits per heavy atom. The summed E-state index contributed by atoms with van der Waals surface area (Å²) in [6, 6.07) is 22.7. The fraction of sp³-hybridized carbons (Fsp3) is 0.120. The van der Waals surface area contributed by atoms with Gasteiger partial charge in [0.2, 0.25) is 0 Å². The van der Waals surface area contributed by atoms with E-state index in [9.17, 15) is 4.79 Å². The molecule has 0 aliphatic carbocycles. The second-order valence-corrected chi connectivity index (χ2v) is 8.54. The topological polar surface area (TPSA) is 48.0 Å². The van der Waals surface area contributed by atoms with E-state index in [1.165, 1.54) is 16.7 Å². The maximum Gasteiger partial charge on any atom is 0.270 e. The molecule has 0 saturated carbocycles. The van der Waals surface area contributed by atoms with E-state index in [-0.39, 0.29) is 5.91 Å². The average molecular weight is 464 g/mol. The molecule has 0 unspecified atom stereocenters. The lowest BCUT2D eigenvalue weighted by Gasteiger charge is -2.17. The summed E-state index contributed by atoms with van der Waals surface area (Å²) < 4.78 is 17.3. The van der Waals surface area contributed by atoms with E-state index in [0.29, 0.717) is 38.8 Å². The van der Waals surface area contributed by atoms with Gasteiger partial charge in [0, 0.05) is 5.56 Å². The summed E-state index contributed by atoms with van der Waals surface area (Å²) in [5.74, 6) is 1.69. The number of ether oxygens (including phenoxy) is 3. The summed E-state index contributed by atoms with van der Waals surface area (Å²) in [5.41, 5.74) is 2.41. The number of rotatable bonds is 7. The van der Waals surface area contributed by atoms with Gasteiger partial charge in [0.1, 0.15) is 23.9 Å². The first-order chi connectivity index (χ1) is 15.6. The van der Waals surface area contributed by atoms with Crippen molar-refractivity contribution < 1.29 is 19.0 Å². The summed E-state index contributed by atoms with van der Waals surface area (Å²) in [4.78, 5) is 15.2. The number of amides is 1. The van der Waals surface area contributed by atoms with Crippen molar-refractivity contribution in [2.45, 2.75) is 6.61 Å². The van der Waals surface area contributed by atoms with Crippen LogP contribution in [-0.4, -0.2) is 24.4 Å². The molecule has 32 heavy (non-hydrogen) atoms. The Morgan fingerprint density at radius 3 is 2.44 bits per heavy atom. The molecule has 7 heteroatoms. The first kappa shape index (κ1) is 21.9. The first-order valence-corrected chi connectivity index (χ1v) is 11.1. The largest absolute Gasteiger partial charge is 0.497 e. The van der Waals surface area contributed by atoms with Crippen LogP contribution in [0.4, 0.5) is 5.69 Å². The number of para-hydroxylation sites is 2. The van der Waals surface area contributed by atoms with Gasteiger partial charge in [-0.15, -0.1) is 0 Å². The Labute approximate surface area is 196 Å². The molecule has 0 atom stereocenters. The van der Waals surface area contributed by atoms with Crippen molar-refractivity contribution in [1.82, 2.24) is 0 Å². The van der Waals surface area contributed by atoms with E-state index in [1.54, 1.807) is 26.4 Å². The fourth-order valence-electron chi connectivity index (χ4n) is 3.26. The Hall–Kier alpha value is -3.29. The standard InChI is InChI=1S/C25H21NO4S2/c1-28-19-12-13-21(30-16-17-8-4-3-5-9-17)18(14-19)15-23-24(27)26(25(31)32-23)20-10-6-7-11-22(20)29-2/h3-15H,16H2,1-2H3. The predicted molar refractivity (Wildman–Crippen MR) is 132 cm³/mol. The van der Waals surface area contributed by atoms with E-state index in [4.69, 9.17) is 26.4 Å². The number of thiocarbonyl (C=S) groups is 1. The second-order valence-electron chi connectivity index (χ2n) is 6.87. The van der Waals surface area contributed by atoms with E-state index >= 15 is 0 Å². The van der Waals surface area contributed by atoms with Crippen LogP contribution in [0, 0.1) is 0 Å². The van der Waals surface area contributed by atoms with Gasteiger partial charge in [0.05, 0.1) is 24.8 Å². The average Bonchev–Trinajstić information content (AvgIpc) is 3.11. The number of hydrogen-bond acceptors (Lipinski definition) is 6. The minimum absolute atomic E-state index is 0.207. The van der Waals surface area contributed by atoms with Gasteiger partial charge < -0.3 is 14.2 Å². The summed E-state index contributed by atoms with van der Waals surface area (Å²) in [6.45, 7) is 0.413. The number of carbonyl (C=O) groups is 1. The van der Waals surface area contributed by atoms with E-state index < -0.39 is 0 Å². The predicted octanol–water partition coefficient (Wildman–Crippen LogP) is 5.69. The molecule has 5 nitrogen and oxygen atoms in total. The van der Waals surface area contributed by atoms with E-state index in [1.807, 2.05) is 66.7 Å². The third-order valence-corrected chi connectivity index (χ3v) is 6.16. The minimum atomic E-state index is -0.207. The molecule has 1 amide bonds. The number of methoxy groups -OCH3 is 2. The number of anilines is 1. The molecule has 3 aromatic carbocycles. The number of thioether (sulfide) groups is 1. The fourth-order valence-corrected chi connectivity index (χ4v) is 4.54. The van der Waals surface area contributed by atoms with Gasteiger partial charge >= 0.3 is 0 Å². The van der Waals surface area contributed by atoms with Gasteiger partial charge in [-0.05, 0) is 42.0 Å². The molecule has 3 aromatic rings. The van der Waals surface area contributed by atoms with Crippen LogP contribution in [0.15, 0.2) is 77.7 Å². The highest BCUT2D eigenvalue weighted by Crippen LogP contribution is 2.40. The van der Waals surface area contributed by atoms with Crippen LogP contribution in [-0.2, 0) is 11.4 Å². The van der Waals surface area contributed by atoms with Gasteiger partial charge in [-0.2, -0.15) is 0 Å². The zero-order valence-electron chi connectivity index (χ0n) is 17.6. The minimum Gasteiger partial charge on any atom is -0.497 e. The van der Waals surface area contributed by atoms with Crippen LogP contribution in [0.2, 0.25) is 0 Å². The van der Waals surface area contributed by atoms with E-state index in [2.05, 4.69) is 0 Å². The molecule has 0 aromatic heterocycles. The first-order valence-electron chi connectivity index (χ1n) is 9.86. The molecule has 0 N–H and O–H groups in total. The van der Waals surface area contributed by atoms with Crippen LogP contribution >= 0.6 is 24.0 Å². The molecule has 0 spiro atoms. The summed E-state index contributed by atoms with van der Waals surface area (Å²) in [7, 11) is 3.17. The third-order valence-electron chi connectivity index (χ3n) is 4.86. The number of hydrogen-bond donors (Lipinski definition) is 0. The highest BCUT2D eigenvalue weighted by Gasteiger charge is 2.35. The van der Waals surface area contributed by atoms with Crippen molar-refractivity contribution in [3.8, 4) is 17.2 Å². The highest BCUT2D eigenvalue weighted by atomic mass is 32.2. The maximum atomic E-state index is 13.3. The van der Waals surface area contributed by atoms with Gasteiger partial charge in [-0.1, -0.05) is 66.4 Å². The molecule has 1 heterocycles. The monoisotopic (exact) mass is 463 g/mol. The lowest BCUT2D eigenvalue weighted by Crippen LogP contribution is -2.27. The molecule has 1 aliphatic rings. The van der Waals surface area contributed by atoms with Crippen molar-refractivity contribution in [1.29, 1.82) is 0 Å². The summed E-state index contributed by atoms with van der Waals surface area (Å²) in [6.07, 6.45) is 1.79. The Balaban J connectivity index is 1.65. The van der Waals surface area contributed by atoms with Crippen LogP contribution in [0.5, 0.6) is 17.2 Å². The van der Waals surface area contributed by atoms with Gasteiger partial charge in [-0.25, -0.2) is 0 Å². The smallest absolute Gasteiger partial charge is 0.270 e. The molecule has 162 valence electrons. The zero-order valence-corrected chi connectivity index (χ0v) is 19.2. The van der Waals surface area contributed by atoms with Crippen molar-refractivity contribution in [2.24, 2.45) is 0 Å². The van der Waals surface area contributed by atoms with E-state index in [0.717, 1.165) is 11.1 Å². The van der Waals surface area contributed by atoms with Gasteiger partial charge in [0.25, 0.3) is 5.91 Å². The van der Waals surface area contributed by atoms with Crippen LogP contribution in [0.1, 0.15) is 11.1 Å². The Kier molecular flexibility index (Phi) is 6.78. The quantitative estimate of drug-likeness (QED) is 0.331. The molecular weight excluding hydrogens is 442 g/mol. The number of carbonyl (C=O) groups excluding carboxylic acids is 1. The molecule has 1 fully saturated rings. The van der Waals surface area contributed by atoms with Crippen molar-refractivity contribution in [2.75, 3.05) is 19.1 Å². The van der Waals surface area contributed by atoms with Gasteiger partial charge in [0.15, 0.2) is 4.32 Å². The van der Waals surface area contributed by atoms with Crippen molar-refractivity contribution in [3.05, 3.63) is 88.8 Å². The Bertz CT molecular complexity index is 1180. The number of nitrogens with zero attached hydrogens (tertiary/aromatic N) is 1. The zero-order chi connectivity index (χ0) is 22.5. The maximum absolute atomic E-state index is 13.3. The van der Waals surface area contributed by atoms with Crippen LogP contribution in [0.3, 0.4) is 0 Å². The molecule has 0 bridgehead atoms. The van der Waals surface area contributed by atoms with Crippen molar-refractivity contribution in [3.63, 3.8) is 0 Å². The second kappa shape index (κ2) is 9.89. The summed E-state index contributed by atoms with van der Waals surface area (Å²) >= 11 is 6.76. The lowest BCUT2D eigenvalue weighted by molar-refractivity contribution is -0.113. The Morgan fingerprint density at radius 2 is 1.69 bits per heavy atom. The molecule has 1 saturated heterocycles. The summed E-state index contributed by atoms with van der Waals surface area (Å²) in [5, 5.41) is 0. The normalized spacial score (nSPS) is 14.7. The van der Waals surface area contributed by atoms with Crippen LogP contribution < -0.4 is 19.1 Å². The van der Waals surface area contributed by atoms with Gasteiger partial charge in [-0.3, -0.25) is 9.69 Å². The SMILES string of the molecule is COc1ccc(OCc2ccccc2)c(C=C2SC(=S)N(c3ccccc3OC)C2=O)c1.